The smallest absolute Gasteiger partial charge is 0.319 e. The molecule has 1 aliphatic carbocycles. The molecule has 48 heavy (non-hydrogen) atoms. The van der Waals surface area contributed by atoms with Gasteiger partial charge in [0.15, 0.2) is 5.82 Å². The van der Waals surface area contributed by atoms with Crippen LogP contribution in [0.3, 0.4) is 0 Å². The van der Waals surface area contributed by atoms with E-state index < -0.39 is 40.7 Å². The zero-order valence-corrected chi connectivity index (χ0v) is 26.4. The summed E-state index contributed by atoms with van der Waals surface area (Å²) in [5.74, 6) is -2.33. The van der Waals surface area contributed by atoms with Gasteiger partial charge >= 0.3 is 6.01 Å². The number of benzene rings is 3. The number of piperidine rings is 1. The fourth-order valence-corrected chi connectivity index (χ4v) is 8.82. The molecular weight excluding hydrogens is 631 g/mol. The van der Waals surface area contributed by atoms with Crippen molar-refractivity contribution in [3.63, 3.8) is 0 Å². The molecule has 3 aliphatic heterocycles. The van der Waals surface area contributed by atoms with Crippen LogP contribution in [0.1, 0.15) is 44.6 Å². The minimum Gasteiger partial charge on any atom is -0.508 e. The molecule has 3 aromatic carbocycles. The topological polar surface area (TPSA) is 82.0 Å². The van der Waals surface area contributed by atoms with Gasteiger partial charge in [-0.15, -0.1) is 0 Å². The maximum atomic E-state index is 16.9. The molecule has 2 N–H and O–H groups in total. The zero-order valence-electron chi connectivity index (χ0n) is 26.4. The van der Waals surface area contributed by atoms with Gasteiger partial charge in [-0.25, -0.2) is 13.2 Å². The highest BCUT2D eigenvalue weighted by molar-refractivity contribution is 6.03. The Kier molecular flexibility index (Phi) is 7.52. The Morgan fingerprint density at radius 1 is 1.06 bits per heavy atom. The van der Waals surface area contributed by atoms with Crippen LogP contribution in [0.2, 0.25) is 0 Å². The molecule has 4 aromatic rings. The first-order valence-electron chi connectivity index (χ1n) is 16.5. The summed E-state index contributed by atoms with van der Waals surface area (Å²) in [6.45, 7) is 3.49. The number of aromatic nitrogens is 2. The Labute approximate surface area is 273 Å². The minimum atomic E-state index is -1.68. The van der Waals surface area contributed by atoms with Gasteiger partial charge in [0.05, 0.1) is 17.2 Å². The summed E-state index contributed by atoms with van der Waals surface area (Å²) in [5.41, 5.74) is -1.05. The molecule has 1 aromatic heterocycles. The van der Waals surface area contributed by atoms with Gasteiger partial charge in [0.2, 0.25) is 0 Å². The van der Waals surface area contributed by atoms with Crippen molar-refractivity contribution in [2.45, 2.75) is 57.1 Å². The van der Waals surface area contributed by atoms with E-state index in [-0.39, 0.29) is 88.4 Å². The van der Waals surface area contributed by atoms with Crippen molar-refractivity contribution in [1.29, 1.82) is 0 Å². The van der Waals surface area contributed by atoms with Crippen LogP contribution in [0.4, 0.5) is 27.8 Å². The quantitative estimate of drug-likeness (QED) is 0.212. The van der Waals surface area contributed by atoms with Crippen molar-refractivity contribution in [1.82, 2.24) is 14.9 Å². The van der Waals surface area contributed by atoms with Crippen molar-refractivity contribution in [2.24, 2.45) is 11.8 Å². The maximum Gasteiger partial charge on any atom is 0.319 e. The Morgan fingerprint density at radius 2 is 1.90 bits per heavy atom. The molecule has 4 fully saturated rings. The van der Waals surface area contributed by atoms with Gasteiger partial charge in [0, 0.05) is 36.5 Å². The number of ether oxygens (including phenoxy) is 1. The fourth-order valence-electron chi connectivity index (χ4n) is 8.82. The lowest BCUT2D eigenvalue weighted by Gasteiger charge is -2.34. The van der Waals surface area contributed by atoms with E-state index in [9.17, 15) is 23.4 Å². The Morgan fingerprint density at radius 3 is 2.67 bits per heavy atom. The Bertz CT molecular complexity index is 2000. The first-order chi connectivity index (χ1) is 23.0. The van der Waals surface area contributed by atoms with Gasteiger partial charge in [-0.3, -0.25) is 4.90 Å². The highest BCUT2D eigenvalue weighted by Gasteiger charge is 2.48. The molecule has 4 heterocycles. The second-order valence-corrected chi connectivity index (χ2v) is 13.9. The molecule has 4 atom stereocenters. The van der Waals surface area contributed by atoms with E-state index in [1.54, 1.807) is 6.92 Å². The van der Waals surface area contributed by atoms with E-state index in [0.29, 0.717) is 37.9 Å². The number of aromatic hydroxyl groups is 1. The number of halogens is 5. The number of phenolic OH excluding ortho intramolecular Hbond substituents is 1. The predicted octanol–water partition coefficient (Wildman–Crippen LogP) is 7.11. The number of hydrogen-bond donors (Lipinski definition) is 2. The molecule has 7 nitrogen and oxygen atoms in total. The summed E-state index contributed by atoms with van der Waals surface area (Å²) in [4.78, 5) is 13.0. The first-order valence-corrected chi connectivity index (χ1v) is 16.5. The normalized spacial score (nSPS) is 25.4. The molecule has 252 valence electrons. The molecule has 0 amide bonds. The summed E-state index contributed by atoms with van der Waals surface area (Å²) in [6.07, 6.45) is 1.16. The molecule has 12 heteroatoms. The summed E-state index contributed by atoms with van der Waals surface area (Å²) >= 11 is 0. The maximum absolute atomic E-state index is 16.9. The molecule has 0 radical (unpaired) electrons. The molecule has 1 saturated carbocycles. The van der Waals surface area contributed by atoms with Crippen molar-refractivity contribution in [3.05, 3.63) is 65.0 Å². The third kappa shape index (κ3) is 4.98. The first kappa shape index (κ1) is 31.3. The molecule has 8 rings (SSSR count). The van der Waals surface area contributed by atoms with Gasteiger partial charge in [-0.2, -0.15) is 18.7 Å². The average Bonchev–Trinajstić information content (AvgIpc) is 3.69. The van der Waals surface area contributed by atoms with Gasteiger partial charge in [-0.05, 0) is 97.2 Å². The van der Waals surface area contributed by atoms with Crippen molar-refractivity contribution in [2.75, 3.05) is 37.7 Å². The number of aliphatic hydroxyl groups excluding tert-OH is 1. The Balaban J connectivity index is 1.29. The van der Waals surface area contributed by atoms with E-state index in [0.717, 1.165) is 18.9 Å². The second-order valence-electron chi connectivity index (χ2n) is 13.9. The SMILES string of the molecule is CCc1c(F)ccc2cc(O)cc(-c3c(F)cc4c(N5C[C@@H]6C[C@H](C5)[C@H](O)C6)nc(OCC56CCCN5CC(=C(F)F)C6)nc4c3F)c12. The van der Waals surface area contributed by atoms with Crippen LogP contribution in [0.25, 0.3) is 32.8 Å². The monoisotopic (exact) mass is 666 g/mol. The highest BCUT2D eigenvalue weighted by atomic mass is 19.3. The summed E-state index contributed by atoms with van der Waals surface area (Å²) in [7, 11) is 0. The molecule has 3 saturated heterocycles. The van der Waals surface area contributed by atoms with Crippen molar-refractivity contribution in [3.8, 4) is 22.9 Å². The van der Waals surface area contributed by atoms with Crippen LogP contribution in [-0.2, 0) is 6.42 Å². The zero-order chi connectivity index (χ0) is 33.5. The lowest BCUT2D eigenvalue weighted by atomic mass is 9.91. The summed E-state index contributed by atoms with van der Waals surface area (Å²) in [6, 6.07) is 6.35. The van der Waals surface area contributed by atoms with Crippen LogP contribution >= 0.6 is 0 Å². The third-order valence-corrected chi connectivity index (χ3v) is 11.0. The van der Waals surface area contributed by atoms with Crippen LogP contribution < -0.4 is 9.64 Å². The van der Waals surface area contributed by atoms with Gasteiger partial charge in [0.1, 0.15) is 35.3 Å². The standard InChI is InChI=1S/C36H35F5N4O3/c1-2-23-26(37)5-4-19-10-22(46)11-24(29(19)23)30-27(38)12-25-32(31(30)39)42-35(43-34(25)44-14-18-8-20(15-44)28(47)9-18)48-17-36-6-3-7-45(36)16-21(13-36)33(40)41/h4-5,10-12,18,20,28,46-47H,2-3,6-9,13-17H2,1H3/t18-,20-,28-,36?/m1/s1. The number of rotatable bonds is 6. The summed E-state index contributed by atoms with van der Waals surface area (Å²) < 4.78 is 81.6. The number of phenols is 1. The van der Waals surface area contributed by atoms with Gasteiger partial charge < -0.3 is 19.8 Å². The number of nitrogens with zero attached hydrogens (tertiary/aromatic N) is 4. The highest BCUT2D eigenvalue weighted by Crippen LogP contribution is 2.45. The molecular formula is C36H35F5N4O3. The van der Waals surface area contributed by atoms with Crippen molar-refractivity contribution < 1.29 is 36.9 Å². The van der Waals surface area contributed by atoms with Crippen LogP contribution in [0.5, 0.6) is 11.8 Å². The van der Waals surface area contributed by atoms with Crippen LogP contribution in [-0.4, -0.2) is 69.5 Å². The Hall–Kier alpha value is -4.03. The van der Waals surface area contributed by atoms with E-state index in [2.05, 4.69) is 9.97 Å². The molecule has 2 bridgehead atoms. The average molecular weight is 667 g/mol. The molecule has 1 unspecified atom stereocenters. The van der Waals surface area contributed by atoms with Gasteiger partial charge in [0.25, 0.3) is 6.08 Å². The van der Waals surface area contributed by atoms with E-state index in [4.69, 9.17) is 4.74 Å². The number of anilines is 1. The lowest BCUT2D eigenvalue weighted by molar-refractivity contribution is 0.108. The number of aliphatic hydroxyl groups is 1. The van der Waals surface area contributed by atoms with Crippen LogP contribution in [0, 0.1) is 29.3 Å². The lowest BCUT2D eigenvalue weighted by Crippen LogP contribution is -2.43. The third-order valence-electron chi connectivity index (χ3n) is 11.0. The predicted molar refractivity (Wildman–Crippen MR) is 171 cm³/mol. The fraction of sp³-hybridized carbons (Fsp3) is 0.444. The number of fused-ring (bicyclic) bond motifs is 5. The molecule has 4 aliphatic rings. The van der Waals surface area contributed by atoms with E-state index in [1.807, 2.05) is 9.80 Å². The van der Waals surface area contributed by atoms with E-state index >= 15 is 8.78 Å². The molecule has 0 spiro atoms. The van der Waals surface area contributed by atoms with Crippen molar-refractivity contribution >= 4 is 27.5 Å². The summed E-state index contributed by atoms with van der Waals surface area (Å²) in [5, 5.41) is 22.0. The minimum absolute atomic E-state index is 0.00466. The van der Waals surface area contributed by atoms with Gasteiger partial charge in [-0.1, -0.05) is 13.0 Å². The van der Waals surface area contributed by atoms with E-state index in [1.165, 1.54) is 24.3 Å². The number of hydrogen-bond acceptors (Lipinski definition) is 7. The second kappa shape index (κ2) is 11.5. The number of aryl methyl sites for hydroxylation is 1. The van der Waals surface area contributed by atoms with Crippen LogP contribution in [0.15, 0.2) is 42.0 Å². The largest absolute Gasteiger partial charge is 0.508 e.